The molecule has 0 fully saturated rings. The summed E-state index contributed by atoms with van der Waals surface area (Å²) >= 11 is 0. The van der Waals surface area contributed by atoms with Crippen LogP contribution < -0.4 is 5.32 Å². The summed E-state index contributed by atoms with van der Waals surface area (Å²) in [6, 6.07) is 0. The van der Waals surface area contributed by atoms with Gasteiger partial charge in [0.15, 0.2) is 0 Å². The zero-order valence-electron chi connectivity index (χ0n) is 7.56. The summed E-state index contributed by atoms with van der Waals surface area (Å²) in [5.74, 6) is -0.244. The minimum atomic E-state index is -0.244. The normalized spacial score (nSPS) is 10.1. The second kappa shape index (κ2) is 3.33. The molecule has 0 aromatic carbocycles. The number of nitrogens with zero attached hydrogens (tertiary/aromatic N) is 3. The molecule has 2 aromatic heterocycles. The molecule has 0 saturated carbocycles. The first-order valence-corrected chi connectivity index (χ1v) is 4.04. The predicted molar refractivity (Wildman–Crippen MR) is 49.7 cm³/mol. The fraction of sp³-hybridized carbons (Fsp3) is 0.125. The topological polar surface area (TPSA) is 75.6 Å². The van der Waals surface area contributed by atoms with Crippen LogP contribution in [-0.2, 0) is 7.05 Å². The molecule has 0 aliphatic heterocycles. The Morgan fingerprint density at radius 3 is 3.07 bits per heavy atom. The highest BCUT2D eigenvalue weighted by molar-refractivity contribution is 6.02. The first-order valence-electron chi connectivity index (χ1n) is 4.04. The van der Waals surface area contributed by atoms with Crippen molar-refractivity contribution in [3.05, 3.63) is 30.6 Å². The number of hydrogen-bond acceptors (Lipinski definition) is 3. The largest absolute Gasteiger partial charge is 0.340 e. The van der Waals surface area contributed by atoms with E-state index in [0.717, 1.165) is 0 Å². The Morgan fingerprint density at radius 2 is 2.50 bits per heavy atom. The monoisotopic (exact) mass is 191 g/mol. The van der Waals surface area contributed by atoms with E-state index >= 15 is 0 Å². The molecule has 72 valence electrons. The Kier molecular flexibility index (Phi) is 2.02. The lowest BCUT2D eigenvalue weighted by molar-refractivity contribution is 0.102. The number of amides is 1. The van der Waals surface area contributed by atoms with Crippen molar-refractivity contribution >= 4 is 11.6 Å². The van der Waals surface area contributed by atoms with Crippen LogP contribution in [0.5, 0.6) is 0 Å². The Hall–Kier alpha value is -2.11. The number of H-pyrrole nitrogens is 1. The molecule has 6 nitrogen and oxygen atoms in total. The molecule has 6 heteroatoms. The van der Waals surface area contributed by atoms with Crippen molar-refractivity contribution in [2.75, 3.05) is 5.32 Å². The molecule has 1 amide bonds. The van der Waals surface area contributed by atoms with Gasteiger partial charge in [0.1, 0.15) is 5.69 Å². The number of aryl methyl sites for hydroxylation is 1. The van der Waals surface area contributed by atoms with Crippen LogP contribution in [0.25, 0.3) is 0 Å². The van der Waals surface area contributed by atoms with E-state index in [1.165, 1.54) is 6.20 Å². The standard InChI is InChI=1S/C8H9N5O/c1-13-4-7(9-5-13)8(14)12-6-2-10-11-3-6/h2-5H,1H3,(H,10,11)(H,12,14). The number of hydrogen-bond donors (Lipinski definition) is 2. The van der Waals surface area contributed by atoms with Crippen molar-refractivity contribution in [1.82, 2.24) is 19.7 Å². The Labute approximate surface area is 80.0 Å². The van der Waals surface area contributed by atoms with Crippen molar-refractivity contribution in [2.45, 2.75) is 0 Å². The molecule has 14 heavy (non-hydrogen) atoms. The summed E-state index contributed by atoms with van der Waals surface area (Å²) in [5, 5.41) is 8.95. The van der Waals surface area contributed by atoms with Gasteiger partial charge in [0.25, 0.3) is 5.91 Å². The number of carbonyl (C=O) groups is 1. The molecule has 2 N–H and O–H groups in total. The summed E-state index contributed by atoms with van der Waals surface area (Å²) in [7, 11) is 1.81. The molecule has 0 radical (unpaired) electrons. The third-order valence-corrected chi connectivity index (χ3v) is 1.69. The van der Waals surface area contributed by atoms with Crippen LogP contribution in [0.2, 0.25) is 0 Å². The average molecular weight is 191 g/mol. The maximum Gasteiger partial charge on any atom is 0.275 e. The second-order valence-corrected chi connectivity index (χ2v) is 2.87. The van der Waals surface area contributed by atoms with Crippen molar-refractivity contribution < 1.29 is 4.79 Å². The number of anilines is 1. The van der Waals surface area contributed by atoms with Gasteiger partial charge in [-0.25, -0.2) is 4.98 Å². The van der Waals surface area contributed by atoms with Crippen molar-refractivity contribution in [3.63, 3.8) is 0 Å². The summed E-state index contributed by atoms with van der Waals surface area (Å²) < 4.78 is 1.71. The molecule has 0 bridgehead atoms. The zero-order chi connectivity index (χ0) is 9.97. The lowest BCUT2D eigenvalue weighted by Crippen LogP contribution is -2.11. The van der Waals surface area contributed by atoms with Crippen LogP contribution in [0.4, 0.5) is 5.69 Å². The molecule has 0 unspecified atom stereocenters. The minimum absolute atomic E-state index is 0.244. The van der Waals surface area contributed by atoms with Crippen LogP contribution in [-0.4, -0.2) is 25.7 Å². The highest BCUT2D eigenvalue weighted by Gasteiger charge is 2.08. The van der Waals surface area contributed by atoms with Gasteiger partial charge < -0.3 is 9.88 Å². The van der Waals surface area contributed by atoms with Gasteiger partial charge in [0.2, 0.25) is 0 Å². The lowest BCUT2D eigenvalue weighted by atomic mass is 10.4. The number of aromatic amines is 1. The fourth-order valence-corrected chi connectivity index (χ4v) is 1.04. The van der Waals surface area contributed by atoms with Gasteiger partial charge in [-0.1, -0.05) is 0 Å². The Bertz CT molecular complexity index is 430. The maximum absolute atomic E-state index is 11.5. The van der Waals surface area contributed by atoms with Gasteiger partial charge in [-0.2, -0.15) is 5.10 Å². The van der Waals surface area contributed by atoms with Crippen LogP contribution in [0, 0.1) is 0 Å². The number of carbonyl (C=O) groups excluding carboxylic acids is 1. The van der Waals surface area contributed by atoms with Crippen LogP contribution >= 0.6 is 0 Å². The second-order valence-electron chi connectivity index (χ2n) is 2.87. The smallest absolute Gasteiger partial charge is 0.275 e. The molecule has 0 aliphatic carbocycles. The molecule has 2 rings (SSSR count). The quantitative estimate of drug-likeness (QED) is 0.721. The van der Waals surface area contributed by atoms with Crippen LogP contribution in [0.1, 0.15) is 10.5 Å². The molecule has 0 atom stereocenters. The minimum Gasteiger partial charge on any atom is -0.340 e. The highest BCUT2D eigenvalue weighted by atomic mass is 16.1. The van der Waals surface area contributed by atoms with Crippen LogP contribution in [0.15, 0.2) is 24.9 Å². The van der Waals surface area contributed by atoms with E-state index in [0.29, 0.717) is 11.4 Å². The van der Waals surface area contributed by atoms with E-state index in [-0.39, 0.29) is 5.91 Å². The lowest BCUT2D eigenvalue weighted by Gasteiger charge is -1.96. The summed E-state index contributed by atoms with van der Waals surface area (Å²) in [4.78, 5) is 15.4. The third kappa shape index (κ3) is 1.63. The zero-order valence-corrected chi connectivity index (χ0v) is 7.56. The predicted octanol–water partition coefficient (Wildman–Crippen LogP) is 0.395. The summed E-state index contributed by atoms with van der Waals surface area (Å²) in [6.45, 7) is 0. The van der Waals surface area contributed by atoms with Gasteiger partial charge in [0.05, 0.1) is 18.2 Å². The van der Waals surface area contributed by atoms with Crippen LogP contribution in [0.3, 0.4) is 0 Å². The molecular weight excluding hydrogens is 182 g/mol. The van der Waals surface area contributed by atoms with Crippen molar-refractivity contribution in [1.29, 1.82) is 0 Å². The van der Waals surface area contributed by atoms with E-state index in [4.69, 9.17) is 0 Å². The maximum atomic E-state index is 11.5. The molecule has 0 aliphatic rings. The van der Waals surface area contributed by atoms with E-state index in [1.807, 2.05) is 7.05 Å². The van der Waals surface area contributed by atoms with Gasteiger partial charge >= 0.3 is 0 Å². The Morgan fingerprint density at radius 1 is 1.64 bits per heavy atom. The van der Waals surface area contributed by atoms with E-state index in [9.17, 15) is 4.79 Å². The summed E-state index contributed by atoms with van der Waals surface area (Å²) in [6.07, 6.45) is 6.35. The number of aromatic nitrogens is 4. The molecule has 0 spiro atoms. The molecule has 0 saturated heterocycles. The molecular formula is C8H9N5O. The van der Waals surface area contributed by atoms with Gasteiger partial charge in [-0.15, -0.1) is 0 Å². The van der Waals surface area contributed by atoms with E-state index < -0.39 is 0 Å². The van der Waals surface area contributed by atoms with Crippen molar-refractivity contribution in [2.24, 2.45) is 7.05 Å². The number of imidazole rings is 1. The van der Waals surface area contributed by atoms with E-state index in [1.54, 1.807) is 23.3 Å². The average Bonchev–Trinajstić information content (AvgIpc) is 2.75. The van der Waals surface area contributed by atoms with E-state index in [2.05, 4.69) is 20.5 Å². The Balaban J connectivity index is 2.10. The fourth-order valence-electron chi connectivity index (χ4n) is 1.04. The highest BCUT2D eigenvalue weighted by Crippen LogP contribution is 2.04. The number of nitrogens with one attached hydrogen (secondary N) is 2. The van der Waals surface area contributed by atoms with Gasteiger partial charge in [-0.05, 0) is 0 Å². The summed E-state index contributed by atoms with van der Waals surface area (Å²) in [5.41, 5.74) is 1.01. The van der Waals surface area contributed by atoms with Gasteiger partial charge in [-0.3, -0.25) is 9.89 Å². The van der Waals surface area contributed by atoms with Gasteiger partial charge in [0, 0.05) is 19.4 Å². The first-order chi connectivity index (χ1) is 6.75. The SMILES string of the molecule is Cn1cnc(C(=O)Nc2cn[nH]c2)c1. The molecule has 2 aromatic rings. The third-order valence-electron chi connectivity index (χ3n) is 1.69. The molecule has 2 heterocycles. The van der Waals surface area contributed by atoms with Crippen molar-refractivity contribution in [3.8, 4) is 0 Å². The first kappa shape index (κ1) is 8.49. The number of rotatable bonds is 2.